The number of amides is 1. The van der Waals surface area contributed by atoms with E-state index in [0.29, 0.717) is 34.0 Å². The summed E-state index contributed by atoms with van der Waals surface area (Å²) in [7, 11) is 2.01. The van der Waals surface area contributed by atoms with Gasteiger partial charge in [0.05, 0.1) is 16.5 Å². The fourth-order valence-electron chi connectivity index (χ4n) is 5.25. The number of hydrogen-bond acceptors (Lipinski definition) is 2. The highest BCUT2D eigenvalue weighted by Gasteiger charge is 2.43. The number of rotatable bonds is 6. The summed E-state index contributed by atoms with van der Waals surface area (Å²) in [5, 5.41) is 1.04. The Morgan fingerprint density at radius 2 is 1.86 bits per heavy atom. The van der Waals surface area contributed by atoms with Gasteiger partial charge in [-0.1, -0.05) is 56.0 Å². The van der Waals surface area contributed by atoms with E-state index in [1.807, 2.05) is 24.1 Å². The van der Waals surface area contributed by atoms with Gasteiger partial charge < -0.3 is 4.90 Å². The van der Waals surface area contributed by atoms with Gasteiger partial charge in [0.1, 0.15) is 0 Å². The van der Waals surface area contributed by atoms with Gasteiger partial charge >= 0.3 is 0 Å². The topological polar surface area (TPSA) is 23.6 Å². The third kappa shape index (κ3) is 4.68. The summed E-state index contributed by atoms with van der Waals surface area (Å²) in [4.78, 5) is 17.9. The average molecular weight is 425 g/mol. The van der Waals surface area contributed by atoms with Crippen molar-refractivity contribution in [1.82, 2.24) is 9.80 Å². The van der Waals surface area contributed by atoms with E-state index in [1.54, 1.807) is 6.07 Å². The Morgan fingerprint density at radius 1 is 1.18 bits per heavy atom. The van der Waals surface area contributed by atoms with Crippen LogP contribution in [-0.2, 0) is 11.2 Å². The van der Waals surface area contributed by atoms with Crippen molar-refractivity contribution in [2.45, 2.75) is 77.3 Å². The van der Waals surface area contributed by atoms with Crippen molar-refractivity contribution in [2.24, 2.45) is 5.41 Å². The molecule has 0 unspecified atom stereocenters. The molecule has 2 aliphatic rings. The van der Waals surface area contributed by atoms with Crippen molar-refractivity contribution in [2.75, 3.05) is 20.1 Å². The molecular weight excluding hydrogens is 391 g/mol. The molecule has 1 aromatic carbocycles. The first-order chi connectivity index (χ1) is 13.4. The first-order valence-electron chi connectivity index (χ1n) is 10.8. The maximum absolute atomic E-state index is 13.2. The molecular formula is C23H34Cl2N2O. The molecule has 1 aliphatic carbocycles. The molecule has 1 saturated heterocycles. The van der Waals surface area contributed by atoms with Crippen LogP contribution in [0.15, 0.2) is 18.2 Å². The number of carbonyl (C=O) groups is 1. The number of hydrogen-bond donors (Lipinski definition) is 0. The second-order valence-electron chi connectivity index (χ2n) is 8.76. The average Bonchev–Trinajstić information content (AvgIpc) is 3.24. The van der Waals surface area contributed by atoms with Crippen molar-refractivity contribution >= 4 is 29.1 Å². The van der Waals surface area contributed by atoms with Crippen molar-refractivity contribution in [1.29, 1.82) is 0 Å². The number of likely N-dealkylation sites (tertiary alicyclic amines) is 1. The van der Waals surface area contributed by atoms with Crippen LogP contribution in [0.2, 0.25) is 10.0 Å². The van der Waals surface area contributed by atoms with E-state index >= 15 is 0 Å². The third-order valence-corrected chi connectivity index (χ3v) is 8.14. The van der Waals surface area contributed by atoms with Gasteiger partial charge in [0.25, 0.3) is 0 Å². The smallest absolute Gasteiger partial charge is 0.227 e. The molecule has 28 heavy (non-hydrogen) atoms. The van der Waals surface area contributed by atoms with Gasteiger partial charge in [-0.05, 0) is 68.3 Å². The maximum Gasteiger partial charge on any atom is 0.227 e. The molecule has 0 radical (unpaired) electrons. The summed E-state index contributed by atoms with van der Waals surface area (Å²) in [5.74, 6) is 0.176. The Bertz CT molecular complexity index is 683. The molecule has 0 aromatic heterocycles. The van der Waals surface area contributed by atoms with Crippen LogP contribution < -0.4 is 0 Å². The van der Waals surface area contributed by atoms with Crippen LogP contribution in [0.5, 0.6) is 0 Å². The van der Waals surface area contributed by atoms with E-state index in [-0.39, 0.29) is 5.91 Å². The van der Waals surface area contributed by atoms with E-state index in [4.69, 9.17) is 23.2 Å². The monoisotopic (exact) mass is 424 g/mol. The van der Waals surface area contributed by atoms with Crippen molar-refractivity contribution < 1.29 is 4.79 Å². The van der Waals surface area contributed by atoms with Crippen molar-refractivity contribution in [3.8, 4) is 0 Å². The minimum Gasteiger partial charge on any atom is -0.341 e. The summed E-state index contributed by atoms with van der Waals surface area (Å²) < 4.78 is 0. The number of carbonyl (C=O) groups excluding carboxylic acids is 1. The third-order valence-electron chi connectivity index (χ3n) is 7.40. The molecule has 3 nitrogen and oxygen atoms in total. The molecule has 1 aromatic rings. The zero-order valence-electron chi connectivity index (χ0n) is 17.5. The van der Waals surface area contributed by atoms with Crippen LogP contribution in [0.4, 0.5) is 0 Å². The number of halogens is 2. The molecule has 2 fully saturated rings. The molecule has 3 rings (SSSR count). The van der Waals surface area contributed by atoms with Gasteiger partial charge in [0, 0.05) is 19.1 Å². The summed E-state index contributed by atoms with van der Waals surface area (Å²) in [6.07, 6.45) is 8.95. The second kappa shape index (κ2) is 9.36. The van der Waals surface area contributed by atoms with Crippen LogP contribution in [0.25, 0.3) is 0 Å². The first kappa shape index (κ1) is 21.9. The van der Waals surface area contributed by atoms with Crippen LogP contribution in [0.1, 0.15) is 64.4 Å². The molecule has 2 atom stereocenters. The summed E-state index contributed by atoms with van der Waals surface area (Å²) >= 11 is 12.2. The van der Waals surface area contributed by atoms with Gasteiger partial charge in [0.2, 0.25) is 5.91 Å². The molecule has 5 heteroatoms. The lowest BCUT2D eigenvalue weighted by Gasteiger charge is -2.50. The number of benzene rings is 1. The molecule has 0 N–H and O–H groups in total. The van der Waals surface area contributed by atoms with Gasteiger partial charge in [-0.2, -0.15) is 0 Å². The highest BCUT2D eigenvalue weighted by Crippen LogP contribution is 2.45. The SMILES string of the molecule is CCC1(CC)CC[C@@H](N2CCCC2)[C@H](N(C)C(=O)Cc2ccc(Cl)c(Cl)c2)C1. The highest BCUT2D eigenvalue weighted by molar-refractivity contribution is 6.42. The van der Waals surface area contributed by atoms with Crippen LogP contribution in [-0.4, -0.2) is 47.9 Å². The largest absolute Gasteiger partial charge is 0.341 e. The Kier molecular flexibility index (Phi) is 7.33. The Hall–Kier alpha value is -0.770. The summed E-state index contributed by atoms with van der Waals surface area (Å²) in [5.41, 5.74) is 1.30. The summed E-state index contributed by atoms with van der Waals surface area (Å²) in [6.45, 7) is 6.99. The molecule has 156 valence electrons. The molecule has 1 amide bonds. The quantitative estimate of drug-likeness (QED) is 0.574. The normalized spacial score (nSPS) is 25.0. The van der Waals surface area contributed by atoms with E-state index in [0.717, 1.165) is 12.0 Å². The van der Waals surface area contributed by atoms with Crippen molar-refractivity contribution in [3.05, 3.63) is 33.8 Å². The Labute approximate surface area is 180 Å². The van der Waals surface area contributed by atoms with Gasteiger partial charge in [-0.25, -0.2) is 0 Å². The molecule has 1 aliphatic heterocycles. The lowest BCUT2D eigenvalue weighted by molar-refractivity contribution is -0.135. The predicted octanol–water partition coefficient (Wildman–Crippen LogP) is 5.82. The number of likely N-dealkylation sites (N-methyl/N-ethyl adjacent to an activating group) is 1. The predicted molar refractivity (Wildman–Crippen MR) is 118 cm³/mol. The zero-order valence-corrected chi connectivity index (χ0v) is 19.0. The van der Waals surface area contributed by atoms with Gasteiger partial charge in [0.15, 0.2) is 0 Å². The zero-order chi connectivity index (χ0) is 20.3. The fraction of sp³-hybridized carbons (Fsp3) is 0.696. The van der Waals surface area contributed by atoms with E-state index in [2.05, 4.69) is 18.7 Å². The Balaban J connectivity index is 1.77. The van der Waals surface area contributed by atoms with Gasteiger partial charge in [-0.15, -0.1) is 0 Å². The molecule has 1 heterocycles. The number of nitrogens with zero attached hydrogens (tertiary/aromatic N) is 2. The minimum atomic E-state index is 0.176. The molecule has 0 bridgehead atoms. The summed E-state index contributed by atoms with van der Waals surface area (Å²) in [6, 6.07) is 6.29. The minimum absolute atomic E-state index is 0.176. The maximum atomic E-state index is 13.2. The van der Waals surface area contributed by atoms with Crippen LogP contribution >= 0.6 is 23.2 Å². The van der Waals surface area contributed by atoms with E-state index in [1.165, 1.54) is 51.6 Å². The van der Waals surface area contributed by atoms with Crippen LogP contribution in [0, 0.1) is 5.41 Å². The lowest BCUT2D eigenvalue weighted by atomic mass is 9.66. The highest BCUT2D eigenvalue weighted by atomic mass is 35.5. The standard InChI is InChI=1S/C23H34Cl2N2O/c1-4-23(5-2)11-10-20(27-12-6-7-13-27)21(16-23)26(3)22(28)15-17-8-9-18(24)19(25)14-17/h8-9,14,20-21H,4-7,10-13,15-16H2,1-3H3/t20-,21-/m1/s1. The van der Waals surface area contributed by atoms with Gasteiger partial charge in [-0.3, -0.25) is 9.69 Å². The second-order valence-corrected chi connectivity index (χ2v) is 9.57. The first-order valence-corrected chi connectivity index (χ1v) is 11.6. The van der Waals surface area contributed by atoms with Crippen LogP contribution in [0.3, 0.4) is 0 Å². The fourth-order valence-corrected chi connectivity index (χ4v) is 5.57. The molecule has 1 saturated carbocycles. The Morgan fingerprint density at radius 3 is 2.46 bits per heavy atom. The lowest BCUT2D eigenvalue weighted by Crippen LogP contribution is -2.56. The molecule has 0 spiro atoms. The van der Waals surface area contributed by atoms with Crippen molar-refractivity contribution in [3.63, 3.8) is 0 Å². The van der Waals surface area contributed by atoms with E-state index in [9.17, 15) is 4.79 Å². The van der Waals surface area contributed by atoms with E-state index < -0.39 is 0 Å².